The Morgan fingerprint density at radius 2 is 1.94 bits per heavy atom. The van der Waals surface area contributed by atoms with Crippen LogP contribution in [0.2, 0.25) is 0 Å². The lowest BCUT2D eigenvalue weighted by Gasteiger charge is -2.13. The molecule has 0 bridgehead atoms. The predicted molar refractivity (Wildman–Crippen MR) is 80.5 cm³/mol. The van der Waals surface area contributed by atoms with E-state index in [9.17, 15) is 0 Å². The number of hydrogen-bond acceptors (Lipinski definition) is 4. The van der Waals surface area contributed by atoms with Crippen molar-refractivity contribution in [2.24, 2.45) is 5.73 Å². The van der Waals surface area contributed by atoms with Crippen molar-refractivity contribution in [3.63, 3.8) is 0 Å². The molecule has 0 saturated heterocycles. The van der Waals surface area contributed by atoms with E-state index < -0.39 is 0 Å². The van der Waals surface area contributed by atoms with Crippen molar-refractivity contribution in [1.29, 1.82) is 0 Å². The van der Waals surface area contributed by atoms with Gasteiger partial charge in [0, 0.05) is 5.75 Å². The van der Waals surface area contributed by atoms with E-state index in [2.05, 4.69) is 6.58 Å². The minimum absolute atomic E-state index is 0. The summed E-state index contributed by atoms with van der Waals surface area (Å²) in [5.74, 6) is 2.57. The average molecular weight is 290 g/mol. The van der Waals surface area contributed by atoms with Crippen LogP contribution in [0, 0.1) is 0 Å². The number of hydrogen-bond donors (Lipinski definition) is 1. The standard InChI is InChI=1S/C13H19NO2S.ClH/c1-4-7-17-13-9-11(15-2)10(5-6-14)8-12(13)16-3;/h4,8-9H,1,5-7,14H2,2-3H3;1H. The van der Waals surface area contributed by atoms with Gasteiger partial charge in [0.2, 0.25) is 0 Å². The van der Waals surface area contributed by atoms with Crippen LogP contribution >= 0.6 is 24.2 Å². The summed E-state index contributed by atoms with van der Waals surface area (Å²) in [6.07, 6.45) is 2.65. The first-order valence-electron chi connectivity index (χ1n) is 5.45. The summed E-state index contributed by atoms with van der Waals surface area (Å²) in [6, 6.07) is 4.00. The van der Waals surface area contributed by atoms with E-state index in [0.29, 0.717) is 6.54 Å². The summed E-state index contributed by atoms with van der Waals surface area (Å²) in [5, 5.41) is 0. The zero-order valence-electron chi connectivity index (χ0n) is 10.8. The zero-order chi connectivity index (χ0) is 12.7. The lowest BCUT2D eigenvalue weighted by molar-refractivity contribution is 0.390. The molecular weight excluding hydrogens is 270 g/mol. The van der Waals surface area contributed by atoms with Crippen LogP contribution < -0.4 is 15.2 Å². The fraction of sp³-hybridized carbons (Fsp3) is 0.385. The molecule has 3 nitrogen and oxygen atoms in total. The van der Waals surface area contributed by atoms with Gasteiger partial charge >= 0.3 is 0 Å². The zero-order valence-corrected chi connectivity index (χ0v) is 12.4. The summed E-state index contributed by atoms with van der Waals surface area (Å²) in [5.41, 5.74) is 6.66. The normalized spacial score (nSPS) is 9.50. The highest BCUT2D eigenvalue weighted by atomic mass is 35.5. The van der Waals surface area contributed by atoms with Gasteiger partial charge in [-0.1, -0.05) is 6.08 Å². The number of methoxy groups -OCH3 is 2. The van der Waals surface area contributed by atoms with Gasteiger partial charge < -0.3 is 15.2 Å². The van der Waals surface area contributed by atoms with E-state index in [1.165, 1.54) is 0 Å². The second-order valence-electron chi connectivity index (χ2n) is 3.45. The molecule has 5 heteroatoms. The molecular formula is C13H20ClNO2S. The van der Waals surface area contributed by atoms with Gasteiger partial charge in [-0.3, -0.25) is 0 Å². The first-order valence-corrected chi connectivity index (χ1v) is 6.44. The van der Waals surface area contributed by atoms with Crippen LogP contribution in [0.25, 0.3) is 0 Å². The Hall–Kier alpha value is -0.840. The van der Waals surface area contributed by atoms with Gasteiger partial charge in [-0.25, -0.2) is 0 Å². The molecule has 0 unspecified atom stereocenters. The van der Waals surface area contributed by atoms with Gasteiger partial charge in [0.1, 0.15) is 11.5 Å². The quantitative estimate of drug-likeness (QED) is 0.619. The van der Waals surface area contributed by atoms with Gasteiger partial charge in [0.15, 0.2) is 0 Å². The van der Waals surface area contributed by atoms with Crippen LogP contribution in [0.4, 0.5) is 0 Å². The van der Waals surface area contributed by atoms with Crippen molar-refractivity contribution >= 4 is 24.2 Å². The Labute approximate surface area is 119 Å². The molecule has 0 heterocycles. The van der Waals surface area contributed by atoms with Crippen molar-refractivity contribution < 1.29 is 9.47 Å². The van der Waals surface area contributed by atoms with Crippen LogP contribution in [0.5, 0.6) is 11.5 Å². The lowest BCUT2D eigenvalue weighted by Crippen LogP contribution is -2.05. The topological polar surface area (TPSA) is 44.5 Å². The molecule has 0 aliphatic rings. The van der Waals surface area contributed by atoms with Crippen molar-refractivity contribution in [1.82, 2.24) is 0 Å². The third kappa shape index (κ3) is 4.44. The highest BCUT2D eigenvalue weighted by Gasteiger charge is 2.10. The minimum atomic E-state index is 0. The van der Waals surface area contributed by atoms with Crippen molar-refractivity contribution in [3.05, 3.63) is 30.4 Å². The van der Waals surface area contributed by atoms with Crippen LogP contribution in [0.3, 0.4) is 0 Å². The van der Waals surface area contributed by atoms with Crippen molar-refractivity contribution in [3.8, 4) is 11.5 Å². The number of thioether (sulfide) groups is 1. The van der Waals surface area contributed by atoms with Crippen molar-refractivity contribution in [2.75, 3.05) is 26.5 Å². The van der Waals surface area contributed by atoms with Crippen LogP contribution in [0.15, 0.2) is 29.7 Å². The summed E-state index contributed by atoms with van der Waals surface area (Å²) in [4.78, 5) is 1.06. The number of nitrogens with two attached hydrogens (primary N) is 1. The molecule has 1 aromatic rings. The lowest BCUT2D eigenvalue weighted by atomic mass is 10.1. The van der Waals surface area contributed by atoms with Crippen LogP contribution in [-0.2, 0) is 6.42 Å². The Morgan fingerprint density at radius 1 is 1.28 bits per heavy atom. The Balaban J connectivity index is 0.00000289. The summed E-state index contributed by atoms with van der Waals surface area (Å²) < 4.78 is 10.7. The maximum atomic E-state index is 5.58. The molecule has 2 N–H and O–H groups in total. The van der Waals surface area contributed by atoms with Gasteiger partial charge in [0.05, 0.1) is 19.1 Å². The van der Waals surface area contributed by atoms with Gasteiger partial charge in [-0.2, -0.15) is 0 Å². The Morgan fingerprint density at radius 3 is 2.44 bits per heavy atom. The minimum Gasteiger partial charge on any atom is -0.496 e. The molecule has 0 spiro atoms. The first-order chi connectivity index (χ1) is 8.26. The van der Waals surface area contributed by atoms with Crippen molar-refractivity contribution in [2.45, 2.75) is 11.3 Å². The van der Waals surface area contributed by atoms with Crippen LogP contribution in [0.1, 0.15) is 5.56 Å². The average Bonchev–Trinajstić information content (AvgIpc) is 2.36. The van der Waals surface area contributed by atoms with E-state index in [0.717, 1.165) is 34.1 Å². The number of benzene rings is 1. The maximum Gasteiger partial charge on any atom is 0.132 e. The number of halogens is 1. The molecule has 0 aliphatic heterocycles. The molecule has 102 valence electrons. The first kappa shape index (κ1) is 17.2. The monoisotopic (exact) mass is 289 g/mol. The van der Waals surface area contributed by atoms with Gasteiger partial charge in [0.25, 0.3) is 0 Å². The molecule has 0 aromatic heterocycles. The fourth-order valence-electron chi connectivity index (χ4n) is 1.55. The second-order valence-corrected chi connectivity index (χ2v) is 4.52. The van der Waals surface area contributed by atoms with E-state index in [1.54, 1.807) is 26.0 Å². The molecule has 0 radical (unpaired) electrons. The highest BCUT2D eigenvalue weighted by molar-refractivity contribution is 7.99. The summed E-state index contributed by atoms with van der Waals surface area (Å²) in [6.45, 7) is 4.31. The fourth-order valence-corrected chi connectivity index (χ4v) is 2.32. The summed E-state index contributed by atoms with van der Waals surface area (Å²) in [7, 11) is 3.34. The molecule has 1 aromatic carbocycles. The van der Waals surface area contributed by atoms with Gasteiger partial charge in [-0.05, 0) is 30.7 Å². The smallest absolute Gasteiger partial charge is 0.132 e. The maximum absolute atomic E-state index is 5.58. The third-order valence-electron chi connectivity index (χ3n) is 2.34. The Kier molecular flexibility index (Phi) is 8.71. The summed E-state index contributed by atoms with van der Waals surface area (Å²) >= 11 is 1.67. The van der Waals surface area contributed by atoms with E-state index in [4.69, 9.17) is 15.2 Å². The number of ether oxygens (including phenoxy) is 2. The van der Waals surface area contributed by atoms with Crippen LogP contribution in [-0.4, -0.2) is 26.5 Å². The SMILES string of the molecule is C=CCSc1cc(OC)c(CCN)cc1OC.Cl. The molecule has 0 atom stereocenters. The Bertz CT molecular complexity index is 385. The molecule has 1 rings (SSSR count). The largest absolute Gasteiger partial charge is 0.496 e. The molecule has 0 saturated carbocycles. The van der Waals surface area contributed by atoms with Gasteiger partial charge in [-0.15, -0.1) is 30.7 Å². The molecule has 0 aliphatic carbocycles. The number of rotatable bonds is 7. The van der Waals surface area contributed by atoms with E-state index >= 15 is 0 Å². The molecule has 0 fully saturated rings. The molecule has 0 amide bonds. The van der Waals surface area contributed by atoms with E-state index in [1.807, 2.05) is 18.2 Å². The molecule has 18 heavy (non-hydrogen) atoms. The predicted octanol–water partition coefficient (Wildman–Crippen LogP) is 2.90. The van der Waals surface area contributed by atoms with E-state index in [-0.39, 0.29) is 12.4 Å². The second kappa shape index (κ2) is 9.14. The highest BCUT2D eigenvalue weighted by Crippen LogP contribution is 2.35. The third-order valence-corrected chi connectivity index (χ3v) is 3.37.